The number of nitrogens with zero attached hydrogens (tertiary/aromatic N) is 2. The Kier molecular flexibility index (Phi) is 1.33. The third-order valence-electron chi connectivity index (χ3n) is 1.49. The van der Waals surface area contributed by atoms with Gasteiger partial charge in [0.15, 0.2) is 5.65 Å². The standard InChI is InChI=1S/C6H6N4O2/c1-12-6-8-4-3(2-7-10-4)5(11)9-6/h2H,1H3,(H2,7,8,9,10,11). The predicted molar refractivity (Wildman–Crippen MR) is 41.1 cm³/mol. The lowest BCUT2D eigenvalue weighted by Gasteiger charge is -1.95. The molecule has 12 heavy (non-hydrogen) atoms. The molecule has 2 N–H and O–H groups in total. The quantitative estimate of drug-likeness (QED) is 0.606. The zero-order valence-electron chi connectivity index (χ0n) is 6.29. The molecule has 2 heterocycles. The number of ether oxygens (including phenoxy) is 1. The fraction of sp³-hybridized carbons (Fsp3) is 0.167. The van der Waals surface area contributed by atoms with Crippen molar-refractivity contribution >= 4 is 11.0 Å². The molecule has 6 heteroatoms. The van der Waals surface area contributed by atoms with E-state index in [0.717, 1.165) is 0 Å². The van der Waals surface area contributed by atoms with Crippen LogP contribution >= 0.6 is 0 Å². The molecule has 2 aromatic heterocycles. The van der Waals surface area contributed by atoms with E-state index in [0.29, 0.717) is 11.0 Å². The SMILES string of the molecule is COc1nc2[nH]ncc2c(=O)[nH]1. The molecule has 6 nitrogen and oxygen atoms in total. The number of aromatic amines is 2. The first-order valence-electron chi connectivity index (χ1n) is 3.28. The molecule has 0 amide bonds. The van der Waals surface area contributed by atoms with Gasteiger partial charge in [0.05, 0.1) is 13.3 Å². The number of hydrogen-bond acceptors (Lipinski definition) is 4. The maximum absolute atomic E-state index is 11.2. The van der Waals surface area contributed by atoms with Crippen molar-refractivity contribution in [2.75, 3.05) is 7.11 Å². The van der Waals surface area contributed by atoms with Gasteiger partial charge in [-0.25, -0.2) is 0 Å². The van der Waals surface area contributed by atoms with E-state index < -0.39 is 0 Å². The monoisotopic (exact) mass is 166 g/mol. The molecule has 0 spiro atoms. The van der Waals surface area contributed by atoms with E-state index in [4.69, 9.17) is 4.74 Å². The topological polar surface area (TPSA) is 83.7 Å². The molecule has 0 aromatic carbocycles. The maximum Gasteiger partial charge on any atom is 0.298 e. The molecule has 0 radical (unpaired) electrons. The summed E-state index contributed by atoms with van der Waals surface area (Å²) in [5.74, 6) is 0. The van der Waals surface area contributed by atoms with Crippen molar-refractivity contribution in [3.8, 4) is 6.01 Å². The van der Waals surface area contributed by atoms with Gasteiger partial charge in [0, 0.05) is 0 Å². The van der Waals surface area contributed by atoms with Crippen molar-refractivity contribution in [3.63, 3.8) is 0 Å². The van der Waals surface area contributed by atoms with Gasteiger partial charge in [-0.3, -0.25) is 14.9 Å². The largest absolute Gasteiger partial charge is 0.468 e. The number of aromatic nitrogens is 4. The summed E-state index contributed by atoms with van der Waals surface area (Å²) in [6.07, 6.45) is 1.42. The molecule has 0 aliphatic heterocycles. The van der Waals surface area contributed by atoms with Gasteiger partial charge in [0.2, 0.25) is 0 Å². The van der Waals surface area contributed by atoms with Crippen molar-refractivity contribution in [3.05, 3.63) is 16.6 Å². The molecular weight excluding hydrogens is 160 g/mol. The van der Waals surface area contributed by atoms with Gasteiger partial charge in [-0.2, -0.15) is 10.1 Å². The van der Waals surface area contributed by atoms with Crippen LogP contribution in [0.3, 0.4) is 0 Å². The normalized spacial score (nSPS) is 10.4. The Labute approximate surface area is 66.6 Å². The molecule has 0 unspecified atom stereocenters. The smallest absolute Gasteiger partial charge is 0.298 e. The second kappa shape index (κ2) is 2.33. The van der Waals surface area contributed by atoms with Crippen LogP contribution in [0.25, 0.3) is 11.0 Å². The van der Waals surface area contributed by atoms with Crippen LogP contribution in [-0.4, -0.2) is 27.3 Å². The second-order valence-electron chi connectivity index (χ2n) is 2.21. The average Bonchev–Trinajstić information content (AvgIpc) is 2.52. The van der Waals surface area contributed by atoms with Crippen LogP contribution < -0.4 is 10.3 Å². The van der Waals surface area contributed by atoms with Crippen LogP contribution in [0.4, 0.5) is 0 Å². The molecule has 62 valence electrons. The maximum atomic E-state index is 11.2. The van der Waals surface area contributed by atoms with Gasteiger partial charge < -0.3 is 4.74 Å². The molecule has 0 fully saturated rings. The molecule has 0 atom stereocenters. The Morgan fingerprint density at radius 2 is 2.42 bits per heavy atom. The summed E-state index contributed by atoms with van der Waals surface area (Å²) < 4.78 is 4.76. The van der Waals surface area contributed by atoms with Gasteiger partial charge in [0.1, 0.15) is 5.39 Å². The van der Waals surface area contributed by atoms with E-state index in [-0.39, 0.29) is 11.6 Å². The van der Waals surface area contributed by atoms with Crippen molar-refractivity contribution in [2.24, 2.45) is 0 Å². The van der Waals surface area contributed by atoms with E-state index >= 15 is 0 Å². The van der Waals surface area contributed by atoms with Crippen LogP contribution in [0, 0.1) is 0 Å². The van der Waals surface area contributed by atoms with Crippen molar-refractivity contribution in [1.29, 1.82) is 0 Å². The summed E-state index contributed by atoms with van der Waals surface area (Å²) in [7, 11) is 1.43. The summed E-state index contributed by atoms with van der Waals surface area (Å²) in [6.45, 7) is 0. The van der Waals surface area contributed by atoms with Crippen LogP contribution in [0.1, 0.15) is 0 Å². The molecule has 0 bridgehead atoms. The predicted octanol–water partition coefficient (Wildman–Crippen LogP) is -0.345. The highest BCUT2D eigenvalue weighted by Crippen LogP contribution is 2.04. The molecule has 2 aromatic rings. The number of hydrogen-bond donors (Lipinski definition) is 2. The zero-order valence-corrected chi connectivity index (χ0v) is 6.29. The summed E-state index contributed by atoms with van der Waals surface area (Å²) in [5.41, 5.74) is 0.168. The summed E-state index contributed by atoms with van der Waals surface area (Å²) in [6, 6.07) is 0.178. The van der Waals surface area contributed by atoms with Crippen molar-refractivity contribution in [1.82, 2.24) is 20.2 Å². The minimum atomic E-state index is -0.259. The summed E-state index contributed by atoms with van der Waals surface area (Å²) in [5, 5.41) is 6.68. The Bertz CT molecular complexity index is 458. The minimum absolute atomic E-state index is 0.178. The fourth-order valence-electron chi connectivity index (χ4n) is 0.921. The third-order valence-corrected chi connectivity index (χ3v) is 1.49. The average molecular weight is 166 g/mol. The highest BCUT2D eigenvalue weighted by Gasteiger charge is 2.03. The number of fused-ring (bicyclic) bond motifs is 1. The van der Waals surface area contributed by atoms with Crippen molar-refractivity contribution in [2.45, 2.75) is 0 Å². The van der Waals surface area contributed by atoms with E-state index in [9.17, 15) is 4.79 Å². The number of nitrogens with one attached hydrogen (secondary N) is 2. The van der Waals surface area contributed by atoms with Crippen LogP contribution in [0.15, 0.2) is 11.0 Å². The Balaban J connectivity index is 2.84. The minimum Gasteiger partial charge on any atom is -0.468 e. The van der Waals surface area contributed by atoms with Crippen molar-refractivity contribution < 1.29 is 4.74 Å². The summed E-state index contributed by atoms with van der Waals surface area (Å²) >= 11 is 0. The van der Waals surface area contributed by atoms with E-state index in [1.807, 2.05) is 0 Å². The first-order chi connectivity index (χ1) is 5.81. The van der Waals surface area contributed by atoms with Gasteiger partial charge in [-0.15, -0.1) is 0 Å². The van der Waals surface area contributed by atoms with E-state index in [2.05, 4.69) is 20.2 Å². The highest BCUT2D eigenvalue weighted by molar-refractivity contribution is 5.72. The molecule has 0 saturated carbocycles. The number of methoxy groups -OCH3 is 1. The fourth-order valence-corrected chi connectivity index (χ4v) is 0.921. The highest BCUT2D eigenvalue weighted by atomic mass is 16.5. The van der Waals surface area contributed by atoms with Gasteiger partial charge >= 0.3 is 0 Å². The molecular formula is C6H6N4O2. The molecule has 0 aliphatic carbocycles. The van der Waals surface area contributed by atoms with E-state index in [1.54, 1.807) is 0 Å². The van der Waals surface area contributed by atoms with Gasteiger partial charge in [-0.1, -0.05) is 0 Å². The zero-order chi connectivity index (χ0) is 8.55. The second-order valence-corrected chi connectivity index (χ2v) is 2.21. The Hall–Kier alpha value is -1.85. The van der Waals surface area contributed by atoms with Crippen LogP contribution in [0.5, 0.6) is 6.01 Å². The molecule has 0 aliphatic rings. The first kappa shape index (κ1) is 6.84. The third kappa shape index (κ3) is 0.849. The van der Waals surface area contributed by atoms with Gasteiger partial charge in [0.25, 0.3) is 11.6 Å². The van der Waals surface area contributed by atoms with E-state index in [1.165, 1.54) is 13.3 Å². The number of rotatable bonds is 1. The Morgan fingerprint density at radius 3 is 3.17 bits per heavy atom. The van der Waals surface area contributed by atoms with Crippen LogP contribution in [-0.2, 0) is 0 Å². The summed E-state index contributed by atoms with van der Waals surface area (Å²) in [4.78, 5) is 17.5. The lowest BCUT2D eigenvalue weighted by molar-refractivity contribution is 0.380. The van der Waals surface area contributed by atoms with Crippen LogP contribution in [0.2, 0.25) is 0 Å². The Morgan fingerprint density at radius 1 is 1.58 bits per heavy atom. The van der Waals surface area contributed by atoms with Gasteiger partial charge in [-0.05, 0) is 0 Å². The molecule has 2 rings (SSSR count). The molecule has 0 saturated heterocycles. The lowest BCUT2D eigenvalue weighted by Crippen LogP contribution is -2.08. The first-order valence-corrected chi connectivity index (χ1v) is 3.28. The number of H-pyrrole nitrogens is 2. The lowest BCUT2D eigenvalue weighted by atomic mass is 10.4.